The largest absolute Gasteiger partial charge is 0.497 e. The SMILES string of the molecule is COc1cc(NC(=O)CCc2c(C)c3ccc(OC)c(C)c3oc2=O)cc(OC)c1. The maximum absolute atomic E-state index is 12.6. The summed E-state index contributed by atoms with van der Waals surface area (Å²) >= 11 is 0. The number of hydrogen-bond acceptors (Lipinski definition) is 6. The third-order valence-corrected chi connectivity index (χ3v) is 5.11. The summed E-state index contributed by atoms with van der Waals surface area (Å²) < 4.78 is 21.3. The van der Waals surface area contributed by atoms with Gasteiger partial charge in [0.25, 0.3) is 0 Å². The molecule has 0 bridgehead atoms. The van der Waals surface area contributed by atoms with Crippen LogP contribution in [0.25, 0.3) is 11.0 Å². The van der Waals surface area contributed by atoms with E-state index in [0.29, 0.717) is 34.1 Å². The van der Waals surface area contributed by atoms with Gasteiger partial charge in [0.15, 0.2) is 0 Å². The van der Waals surface area contributed by atoms with Crippen LogP contribution in [0.5, 0.6) is 17.2 Å². The Hall–Kier alpha value is -3.48. The normalized spacial score (nSPS) is 10.7. The molecule has 0 fully saturated rings. The van der Waals surface area contributed by atoms with Crippen molar-refractivity contribution >= 4 is 22.6 Å². The quantitative estimate of drug-likeness (QED) is 0.591. The molecule has 30 heavy (non-hydrogen) atoms. The van der Waals surface area contributed by atoms with E-state index in [1.54, 1.807) is 39.5 Å². The van der Waals surface area contributed by atoms with Crippen LogP contribution in [0.4, 0.5) is 5.69 Å². The van der Waals surface area contributed by atoms with Gasteiger partial charge in [-0.25, -0.2) is 4.79 Å². The minimum atomic E-state index is -0.438. The molecule has 0 radical (unpaired) electrons. The first-order chi connectivity index (χ1) is 14.4. The van der Waals surface area contributed by atoms with Gasteiger partial charge in [-0.15, -0.1) is 0 Å². The standard InChI is InChI=1S/C23H25NO6/c1-13-18-6-8-20(29-5)14(2)22(18)30-23(26)19(13)7-9-21(25)24-15-10-16(27-3)12-17(11-15)28-4/h6,8,10-12H,7,9H2,1-5H3,(H,24,25). The van der Waals surface area contributed by atoms with Gasteiger partial charge in [-0.1, -0.05) is 0 Å². The number of anilines is 1. The van der Waals surface area contributed by atoms with Crippen LogP contribution in [0.15, 0.2) is 39.5 Å². The van der Waals surface area contributed by atoms with Crippen LogP contribution >= 0.6 is 0 Å². The number of ether oxygens (including phenoxy) is 3. The van der Waals surface area contributed by atoms with Crippen molar-refractivity contribution < 1.29 is 23.4 Å². The first-order valence-corrected chi connectivity index (χ1v) is 9.50. The molecule has 1 N–H and O–H groups in total. The molecule has 7 heteroatoms. The maximum atomic E-state index is 12.6. The molecule has 0 aliphatic carbocycles. The van der Waals surface area contributed by atoms with E-state index in [1.807, 2.05) is 26.0 Å². The maximum Gasteiger partial charge on any atom is 0.339 e. The molecule has 1 aromatic heterocycles. The van der Waals surface area contributed by atoms with E-state index in [4.69, 9.17) is 18.6 Å². The zero-order valence-corrected chi connectivity index (χ0v) is 17.8. The molecule has 0 unspecified atom stereocenters. The van der Waals surface area contributed by atoms with Crippen LogP contribution < -0.4 is 25.2 Å². The molecule has 0 saturated carbocycles. The molecule has 0 spiro atoms. The van der Waals surface area contributed by atoms with E-state index in [-0.39, 0.29) is 18.7 Å². The Bertz CT molecular complexity index is 1130. The van der Waals surface area contributed by atoms with Crippen LogP contribution in [-0.4, -0.2) is 27.2 Å². The van der Waals surface area contributed by atoms with E-state index < -0.39 is 5.63 Å². The lowest BCUT2D eigenvalue weighted by Gasteiger charge is -2.12. The second kappa shape index (κ2) is 8.90. The van der Waals surface area contributed by atoms with Crippen molar-refractivity contribution in [2.45, 2.75) is 26.7 Å². The molecule has 1 amide bonds. The molecule has 0 atom stereocenters. The second-order valence-electron chi connectivity index (χ2n) is 6.91. The number of carbonyl (C=O) groups excluding carboxylic acids is 1. The summed E-state index contributed by atoms with van der Waals surface area (Å²) in [5, 5.41) is 3.65. The molecule has 0 aliphatic rings. The summed E-state index contributed by atoms with van der Waals surface area (Å²) in [4.78, 5) is 25.0. The molecule has 158 valence electrons. The zero-order chi connectivity index (χ0) is 21.8. The summed E-state index contributed by atoms with van der Waals surface area (Å²) in [6.45, 7) is 3.71. The highest BCUT2D eigenvalue weighted by Gasteiger charge is 2.16. The smallest absolute Gasteiger partial charge is 0.339 e. The molecule has 7 nitrogen and oxygen atoms in total. The molecular weight excluding hydrogens is 386 g/mol. The van der Waals surface area contributed by atoms with Crippen LogP contribution in [0, 0.1) is 13.8 Å². The fourth-order valence-corrected chi connectivity index (χ4v) is 3.42. The summed E-state index contributed by atoms with van der Waals surface area (Å²) in [6.07, 6.45) is 0.397. The van der Waals surface area contributed by atoms with E-state index >= 15 is 0 Å². The lowest BCUT2D eigenvalue weighted by molar-refractivity contribution is -0.116. The van der Waals surface area contributed by atoms with Gasteiger partial charge < -0.3 is 23.9 Å². The van der Waals surface area contributed by atoms with Crippen molar-refractivity contribution in [2.75, 3.05) is 26.6 Å². The Morgan fingerprint density at radius 3 is 2.23 bits per heavy atom. The predicted octanol–water partition coefficient (Wildman–Crippen LogP) is 4.01. The van der Waals surface area contributed by atoms with Gasteiger partial charge in [0, 0.05) is 46.8 Å². The number of aryl methyl sites for hydroxylation is 2. The van der Waals surface area contributed by atoms with Gasteiger partial charge in [-0.2, -0.15) is 0 Å². The minimum Gasteiger partial charge on any atom is -0.497 e. The number of nitrogens with one attached hydrogen (secondary N) is 1. The van der Waals surface area contributed by atoms with Crippen molar-refractivity contribution in [3.63, 3.8) is 0 Å². The Kier molecular flexibility index (Phi) is 6.30. The number of methoxy groups -OCH3 is 3. The molecule has 0 saturated heterocycles. The Balaban J connectivity index is 1.80. The first-order valence-electron chi connectivity index (χ1n) is 9.50. The van der Waals surface area contributed by atoms with Crippen molar-refractivity contribution in [2.24, 2.45) is 0 Å². The third kappa shape index (κ3) is 4.25. The Morgan fingerprint density at radius 2 is 1.63 bits per heavy atom. The molecule has 0 aliphatic heterocycles. The van der Waals surface area contributed by atoms with Gasteiger partial charge in [-0.3, -0.25) is 4.79 Å². The molecule has 2 aromatic carbocycles. The zero-order valence-electron chi connectivity index (χ0n) is 17.8. The van der Waals surface area contributed by atoms with Crippen molar-refractivity contribution in [1.29, 1.82) is 0 Å². The highest BCUT2D eigenvalue weighted by Crippen LogP contribution is 2.29. The summed E-state index contributed by atoms with van der Waals surface area (Å²) in [5.74, 6) is 1.57. The fraction of sp³-hybridized carbons (Fsp3) is 0.304. The second-order valence-corrected chi connectivity index (χ2v) is 6.91. The number of hydrogen-bond donors (Lipinski definition) is 1. The van der Waals surface area contributed by atoms with Gasteiger partial charge >= 0.3 is 5.63 Å². The number of carbonyl (C=O) groups is 1. The summed E-state index contributed by atoms with van der Waals surface area (Å²) in [5.41, 5.74) is 2.70. The van der Waals surface area contributed by atoms with Crippen molar-refractivity contribution in [3.05, 3.63) is 57.4 Å². The van der Waals surface area contributed by atoms with Crippen LogP contribution in [-0.2, 0) is 11.2 Å². The van der Waals surface area contributed by atoms with Gasteiger partial charge in [0.2, 0.25) is 5.91 Å². The molecular formula is C23H25NO6. The lowest BCUT2D eigenvalue weighted by Crippen LogP contribution is -2.17. The Labute approximate surface area is 174 Å². The number of rotatable bonds is 7. The van der Waals surface area contributed by atoms with Crippen molar-refractivity contribution in [1.82, 2.24) is 0 Å². The predicted molar refractivity (Wildman–Crippen MR) is 115 cm³/mol. The van der Waals surface area contributed by atoms with Crippen LogP contribution in [0.1, 0.15) is 23.1 Å². The highest BCUT2D eigenvalue weighted by atomic mass is 16.5. The minimum absolute atomic E-state index is 0.131. The molecule has 1 heterocycles. The van der Waals surface area contributed by atoms with E-state index in [1.165, 1.54) is 0 Å². The highest BCUT2D eigenvalue weighted by molar-refractivity contribution is 5.91. The average molecular weight is 411 g/mol. The Morgan fingerprint density at radius 1 is 0.967 bits per heavy atom. The summed E-state index contributed by atoms with van der Waals surface area (Å²) in [6, 6.07) is 8.83. The van der Waals surface area contributed by atoms with Gasteiger partial charge in [0.1, 0.15) is 22.8 Å². The van der Waals surface area contributed by atoms with E-state index in [2.05, 4.69) is 5.32 Å². The molecule has 3 aromatic rings. The average Bonchev–Trinajstić information content (AvgIpc) is 2.74. The van der Waals surface area contributed by atoms with Crippen LogP contribution in [0.3, 0.4) is 0 Å². The first kappa shape index (κ1) is 21.2. The number of amides is 1. The van der Waals surface area contributed by atoms with Crippen molar-refractivity contribution in [3.8, 4) is 17.2 Å². The van der Waals surface area contributed by atoms with Crippen LogP contribution in [0.2, 0.25) is 0 Å². The number of benzene rings is 2. The molecule has 3 rings (SSSR count). The van der Waals surface area contributed by atoms with Gasteiger partial charge in [-0.05, 0) is 38.0 Å². The number of fused-ring (bicyclic) bond motifs is 1. The van der Waals surface area contributed by atoms with E-state index in [9.17, 15) is 9.59 Å². The lowest BCUT2D eigenvalue weighted by atomic mass is 10.00. The monoisotopic (exact) mass is 411 g/mol. The van der Waals surface area contributed by atoms with Gasteiger partial charge in [0.05, 0.1) is 21.3 Å². The topological polar surface area (TPSA) is 87.0 Å². The summed E-state index contributed by atoms with van der Waals surface area (Å²) in [7, 11) is 4.66. The fourth-order valence-electron chi connectivity index (χ4n) is 3.42. The van der Waals surface area contributed by atoms with E-state index in [0.717, 1.165) is 16.5 Å². The third-order valence-electron chi connectivity index (χ3n) is 5.11.